The third-order valence-corrected chi connectivity index (χ3v) is 4.48. The van der Waals surface area contributed by atoms with E-state index in [0.717, 1.165) is 23.8 Å². The Labute approximate surface area is 152 Å². The predicted octanol–water partition coefficient (Wildman–Crippen LogP) is 3.13. The van der Waals surface area contributed by atoms with Crippen LogP contribution in [0.3, 0.4) is 0 Å². The first-order valence-corrected chi connectivity index (χ1v) is 8.89. The molecule has 3 rings (SSSR count). The van der Waals surface area contributed by atoms with Gasteiger partial charge in [0.1, 0.15) is 0 Å². The molecule has 1 aromatic heterocycles. The number of fused-ring (bicyclic) bond motifs is 1. The lowest BCUT2D eigenvalue weighted by Crippen LogP contribution is -2.31. The maximum absolute atomic E-state index is 12.7. The van der Waals surface area contributed by atoms with E-state index in [1.54, 1.807) is 13.1 Å². The molecule has 2 aromatic carbocycles. The highest BCUT2D eigenvalue weighted by Crippen LogP contribution is 2.19. The molecule has 1 amide bonds. The lowest BCUT2D eigenvalue weighted by Gasteiger charge is -2.19. The van der Waals surface area contributed by atoms with Gasteiger partial charge in [0.25, 0.3) is 5.56 Å². The molecule has 3 aromatic rings. The summed E-state index contributed by atoms with van der Waals surface area (Å²) >= 11 is 0. The minimum Gasteiger partial charge on any atom is -0.349 e. The lowest BCUT2D eigenvalue weighted by atomic mass is 10.0. The van der Waals surface area contributed by atoms with E-state index in [1.165, 1.54) is 4.68 Å². The van der Waals surface area contributed by atoms with E-state index in [-0.39, 0.29) is 23.9 Å². The van der Waals surface area contributed by atoms with Crippen molar-refractivity contribution in [3.05, 3.63) is 76.2 Å². The van der Waals surface area contributed by atoms with Gasteiger partial charge in [-0.2, -0.15) is 5.10 Å². The van der Waals surface area contributed by atoms with Crippen molar-refractivity contribution in [2.24, 2.45) is 7.05 Å². The monoisotopic (exact) mass is 349 g/mol. The van der Waals surface area contributed by atoms with Gasteiger partial charge in [-0.3, -0.25) is 9.59 Å². The first-order chi connectivity index (χ1) is 12.6. The van der Waals surface area contributed by atoms with E-state index >= 15 is 0 Å². The fourth-order valence-electron chi connectivity index (χ4n) is 3.20. The number of carbonyl (C=O) groups is 1. The summed E-state index contributed by atoms with van der Waals surface area (Å²) < 4.78 is 1.30. The average Bonchev–Trinajstić information content (AvgIpc) is 2.66. The van der Waals surface area contributed by atoms with Crippen molar-refractivity contribution in [1.82, 2.24) is 15.1 Å². The molecular formula is C21H23N3O2. The molecule has 5 heteroatoms. The Morgan fingerprint density at radius 1 is 1.08 bits per heavy atom. The number of nitrogens with zero attached hydrogens (tertiary/aromatic N) is 2. The van der Waals surface area contributed by atoms with Gasteiger partial charge in [-0.25, -0.2) is 4.68 Å². The Kier molecular flexibility index (Phi) is 5.46. The number of rotatable bonds is 6. The number of carbonyl (C=O) groups excluding carboxylic acids is 1. The molecule has 0 aliphatic rings. The van der Waals surface area contributed by atoms with E-state index in [1.807, 2.05) is 48.5 Å². The minimum absolute atomic E-state index is 0.0208. The molecule has 134 valence electrons. The van der Waals surface area contributed by atoms with Gasteiger partial charge in [-0.15, -0.1) is 0 Å². The summed E-state index contributed by atoms with van der Waals surface area (Å²) in [7, 11) is 1.61. The van der Waals surface area contributed by atoms with E-state index in [2.05, 4.69) is 17.3 Å². The van der Waals surface area contributed by atoms with E-state index < -0.39 is 0 Å². The Hall–Kier alpha value is -2.95. The average molecular weight is 349 g/mol. The molecule has 0 radical (unpaired) electrons. The van der Waals surface area contributed by atoms with Crippen LogP contribution in [-0.4, -0.2) is 15.7 Å². The van der Waals surface area contributed by atoms with E-state index in [0.29, 0.717) is 11.1 Å². The summed E-state index contributed by atoms with van der Waals surface area (Å²) in [5.41, 5.74) is 1.56. The van der Waals surface area contributed by atoms with Crippen molar-refractivity contribution in [2.75, 3.05) is 0 Å². The van der Waals surface area contributed by atoms with Gasteiger partial charge in [-0.05, 0) is 18.1 Å². The normalized spacial score (nSPS) is 12.1. The molecule has 5 nitrogen and oxygen atoms in total. The van der Waals surface area contributed by atoms with Crippen LogP contribution in [0.2, 0.25) is 0 Å². The summed E-state index contributed by atoms with van der Waals surface area (Å²) in [6, 6.07) is 17.2. The second kappa shape index (κ2) is 7.95. The smallest absolute Gasteiger partial charge is 0.274 e. The van der Waals surface area contributed by atoms with Gasteiger partial charge in [0.05, 0.1) is 23.5 Å². The van der Waals surface area contributed by atoms with Gasteiger partial charge in [-0.1, -0.05) is 61.9 Å². The molecule has 0 aliphatic carbocycles. The second-order valence-corrected chi connectivity index (χ2v) is 6.42. The predicted molar refractivity (Wildman–Crippen MR) is 103 cm³/mol. The van der Waals surface area contributed by atoms with Crippen LogP contribution in [0.25, 0.3) is 10.8 Å². The molecule has 0 saturated heterocycles. The molecule has 0 unspecified atom stereocenters. The SMILES string of the molecule is CCC[C@@H](NC(=O)Cc1nn(C)c(=O)c2ccccc12)c1ccccc1. The van der Waals surface area contributed by atoms with Crippen molar-refractivity contribution in [1.29, 1.82) is 0 Å². The van der Waals surface area contributed by atoms with Crippen molar-refractivity contribution in [3.8, 4) is 0 Å². The zero-order valence-corrected chi connectivity index (χ0v) is 15.1. The van der Waals surface area contributed by atoms with Gasteiger partial charge >= 0.3 is 0 Å². The van der Waals surface area contributed by atoms with Gasteiger partial charge < -0.3 is 5.32 Å². The van der Waals surface area contributed by atoms with Crippen molar-refractivity contribution in [2.45, 2.75) is 32.2 Å². The minimum atomic E-state index is -0.155. The van der Waals surface area contributed by atoms with Crippen LogP contribution in [0, 0.1) is 0 Å². The highest BCUT2D eigenvalue weighted by Gasteiger charge is 2.16. The Morgan fingerprint density at radius 2 is 1.73 bits per heavy atom. The fourth-order valence-corrected chi connectivity index (χ4v) is 3.20. The molecule has 0 spiro atoms. The van der Waals surface area contributed by atoms with Gasteiger partial charge in [0.15, 0.2) is 0 Å². The van der Waals surface area contributed by atoms with Crippen LogP contribution < -0.4 is 10.9 Å². The third kappa shape index (κ3) is 3.82. The quantitative estimate of drug-likeness (QED) is 0.744. The maximum atomic E-state index is 12.7. The summed E-state index contributed by atoms with van der Waals surface area (Å²) in [4.78, 5) is 24.9. The summed E-state index contributed by atoms with van der Waals surface area (Å²) in [5.74, 6) is -0.0939. The molecular weight excluding hydrogens is 326 g/mol. The number of nitrogens with one attached hydrogen (secondary N) is 1. The number of amides is 1. The van der Waals surface area contributed by atoms with Crippen molar-refractivity contribution < 1.29 is 4.79 Å². The van der Waals surface area contributed by atoms with E-state index in [4.69, 9.17) is 0 Å². The number of aromatic nitrogens is 2. The fraction of sp³-hybridized carbons (Fsp3) is 0.286. The Bertz CT molecular complexity index is 964. The molecule has 1 atom stereocenters. The van der Waals surface area contributed by atoms with Crippen molar-refractivity contribution >= 4 is 16.7 Å². The lowest BCUT2D eigenvalue weighted by molar-refractivity contribution is -0.121. The van der Waals surface area contributed by atoms with Gasteiger partial charge in [0, 0.05) is 12.4 Å². The first kappa shape index (κ1) is 17.9. The number of hydrogen-bond donors (Lipinski definition) is 1. The van der Waals surface area contributed by atoms with E-state index in [9.17, 15) is 9.59 Å². The topological polar surface area (TPSA) is 64.0 Å². The summed E-state index contributed by atoms with van der Waals surface area (Å²) in [6.07, 6.45) is 1.99. The molecule has 0 bridgehead atoms. The third-order valence-electron chi connectivity index (χ3n) is 4.48. The van der Waals surface area contributed by atoms with Gasteiger partial charge in [0.2, 0.25) is 5.91 Å². The first-order valence-electron chi connectivity index (χ1n) is 8.89. The molecule has 0 aliphatic heterocycles. The molecule has 0 fully saturated rings. The number of benzene rings is 2. The standard InChI is InChI=1S/C21H23N3O2/c1-3-9-18(15-10-5-4-6-11-15)22-20(25)14-19-16-12-7-8-13-17(16)21(26)24(2)23-19/h4-8,10-13,18H,3,9,14H2,1-2H3,(H,22,25)/t18-/m1/s1. The summed E-state index contributed by atoms with van der Waals surface area (Å²) in [6.45, 7) is 2.10. The number of aryl methyl sites for hydroxylation is 1. The molecule has 26 heavy (non-hydrogen) atoms. The largest absolute Gasteiger partial charge is 0.349 e. The zero-order valence-electron chi connectivity index (χ0n) is 15.1. The molecule has 0 saturated carbocycles. The van der Waals surface area contributed by atoms with Crippen LogP contribution in [-0.2, 0) is 18.3 Å². The van der Waals surface area contributed by atoms with Crippen LogP contribution in [0.15, 0.2) is 59.4 Å². The zero-order chi connectivity index (χ0) is 18.5. The Morgan fingerprint density at radius 3 is 2.42 bits per heavy atom. The van der Waals surface area contributed by atoms with Crippen molar-refractivity contribution in [3.63, 3.8) is 0 Å². The second-order valence-electron chi connectivity index (χ2n) is 6.42. The van der Waals surface area contributed by atoms with Crippen LogP contribution in [0.4, 0.5) is 0 Å². The molecule has 1 heterocycles. The number of hydrogen-bond acceptors (Lipinski definition) is 3. The maximum Gasteiger partial charge on any atom is 0.274 e. The highest BCUT2D eigenvalue weighted by molar-refractivity contribution is 5.88. The summed E-state index contributed by atoms with van der Waals surface area (Å²) in [5, 5.41) is 8.74. The van der Waals surface area contributed by atoms with Crippen LogP contribution in [0.1, 0.15) is 37.1 Å². The van der Waals surface area contributed by atoms with Crippen LogP contribution in [0.5, 0.6) is 0 Å². The Balaban J connectivity index is 1.85. The molecule has 1 N–H and O–H groups in total. The highest BCUT2D eigenvalue weighted by atomic mass is 16.1. The van der Waals surface area contributed by atoms with Crippen LogP contribution >= 0.6 is 0 Å².